The predicted octanol–water partition coefficient (Wildman–Crippen LogP) is 8.53. The molecule has 4 aromatic rings. The number of methoxy groups -OCH3 is 1. The molecule has 0 radical (unpaired) electrons. The number of carbonyl (C=O) groups excluding carboxylic acids is 1. The highest BCUT2D eigenvalue weighted by Gasteiger charge is 2.19. The summed E-state index contributed by atoms with van der Waals surface area (Å²) in [6.45, 7) is 2.57. The van der Waals surface area contributed by atoms with Crippen molar-refractivity contribution in [2.24, 2.45) is 0 Å². The molecule has 40 heavy (non-hydrogen) atoms. The molecule has 0 fully saturated rings. The van der Waals surface area contributed by atoms with Crippen LogP contribution >= 0.6 is 22.9 Å². The lowest BCUT2D eigenvalue weighted by Gasteiger charge is -2.29. The van der Waals surface area contributed by atoms with Crippen molar-refractivity contribution in [2.75, 3.05) is 25.6 Å². The zero-order valence-electron chi connectivity index (χ0n) is 22.7. The number of anilines is 2. The van der Waals surface area contributed by atoms with Crippen molar-refractivity contribution in [3.05, 3.63) is 113 Å². The molecule has 204 valence electrons. The normalized spacial score (nSPS) is 14.6. The quantitative estimate of drug-likeness (QED) is 0.231. The number of carbonyl (C=O) groups is 1. The number of amides is 1. The molecule has 1 N–H and O–H groups in total. The maximum Gasteiger partial charge on any atom is 0.254 e. The van der Waals surface area contributed by atoms with Gasteiger partial charge >= 0.3 is 0 Å². The fourth-order valence-electron chi connectivity index (χ4n) is 4.65. The fourth-order valence-corrected chi connectivity index (χ4v) is 5.87. The van der Waals surface area contributed by atoms with Gasteiger partial charge in [-0.2, -0.15) is 0 Å². The second kappa shape index (κ2) is 12.1. The molecule has 1 aliphatic rings. The first-order valence-corrected chi connectivity index (χ1v) is 14.3. The smallest absolute Gasteiger partial charge is 0.254 e. The molecule has 5 rings (SSSR count). The van der Waals surface area contributed by atoms with E-state index in [1.54, 1.807) is 48.6 Å². The number of hydrogen-bond acceptors (Lipinski definition) is 5. The van der Waals surface area contributed by atoms with Crippen LogP contribution in [-0.4, -0.2) is 42.7 Å². The first-order valence-electron chi connectivity index (χ1n) is 13.1. The summed E-state index contributed by atoms with van der Waals surface area (Å²) in [7, 11) is 3.51. The topological polar surface area (TPSA) is 53.0 Å². The lowest BCUT2D eigenvalue weighted by molar-refractivity contribution is 0.0803. The first-order chi connectivity index (χ1) is 19.4. The molecule has 1 aromatic heterocycles. The number of ether oxygens (including phenoxy) is 1. The summed E-state index contributed by atoms with van der Waals surface area (Å²) in [4.78, 5) is 19.0. The van der Waals surface area contributed by atoms with Crippen LogP contribution in [0.25, 0.3) is 20.9 Å². The monoisotopic (exact) mass is 570 g/mol. The van der Waals surface area contributed by atoms with E-state index in [1.165, 1.54) is 0 Å². The Kier molecular flexibility index (Phi) is 8.40. The van der Waals surface area contributed by atoms with E-state index in [-0.39, 0.29) is 17.8 Å². The Labute approximate surface area is 244 Å². The Morgan fingerprint density at radius 1 is 1.00 bits per heavy atom. The third-order valence-electron chi connectivity index (χ3n) is 7.02. The van der Waals surface area contributed by atoms with E-state index in [4.69, 9.17) is 16.3 Å². The number of phenols is 1. The zero-order chi connectivity index (χ0) is 28.2. The summed E-state index contributed by atoms with van der Waals surface area (Å²) in [6.07, 6.45) is 7.17. The third-order valence-corrected chi connectivity index (χ3v) is 8.43. The summed E-state index contributed by atoms with van der Waals surface area (Å²) in [5.41, 5.74) is 5.58. The molecule has 5 nitrogen and oxygen atoms in total. The van der Waals surface area contributed by atoms with Gasteiger partial charge in [0.2, 0.25) is 0 Å². The van der Waals surface area contributed by atoms with E-state index < -0.39 is 0 Å². The molecule has 0 spiro atoms. The zero-order valence-corrected chi connectivity index (χ0v) is 24.2. The van der Waals surface area contributed by atoms with Crippen molar-refractivity contribution in [2.45, 2.75) is 19.4 Å². The number of allylic oxidation sites excluding steroid dienone is 1. The highest BCUT2D eigenvalue weighted by Crippen LogP contribution is 2.39. The molecule has 1 heterocycles. The summed E-state index contributed by atoms with van der Waals surface area (Å²) in [5.74, 6) is 0.184. The van der Waals surface area contributed by atoms with Crippen LogP contribution in [0.1, 0.15) is 23.7 Å². The van der Waals surface area contributed by atoms with Crippen molar-refractivity contribution in [3.63, 3.8) is 0 Å². The van der Waals surface area contributed by atoms with E-state index in [2.05, 4.69) is 59.5 Å². The van der Waals surface area contributed by atoms with Crippen molar-refractivity contribution in [1.82, 2.24) is 4.90 Å². The number of thiophene rings is 1. The Bertz CT molecular complexity index is 1560. The number of hydrogen-bond donors (Lipinski definition) is 1. The minimum Gasteiger partial charge on any atom is -0.508 e. The van der Waals surface area contributed by atoms with E-state index in [0.717, 1.165) is 44.4 Å². The Morgan fingerprint density at radius 3 is 2.30 bits per heavy atom. The molecule has 3 aromatic carbocycles. The fraction of sp³-hybridized carbons (Fsp3) is 0.182. The standard InChI is InChI=1S/C33H31ClN2O3S/c1-4-35(2)33(38)30-21-23(34)7-18-29(30)32-20-19-31(40-32)22-5-8-24(9-6-22)36(25-10-14-27(37)15-11-25)26-12-16-28(39-3)17-13-26/h5-16,18-21,28,37H,4,17H2,1-3H3. The van der Waals surface area contributed by atoms with E-state index in [0.29, 0.717) is 17.1 Å². The molecular formula is C33H31ClN2O3S. The average Bonchev–Trinajstić information content (AvgIpc) is 3.48. The highest BCUT2D eigenvalue weighted by atomic mass is 35.5. The molecule has 1 aliphatic carbocycles. The summed E-state index contributed by atoms with van der Waals surface area (Å²) in [6, 6.07) is 25.3. The maximum atomic E-state index is 13.0. The van der Waals surface area contributed by atoms with E-state index in [9.17, 15) is 9.90 Å². The number of benzene rings is 3. The van der Waals surface area contributed by atoms with Crippen LogP contribution in [0.5, 0.6) is 5.75 Å². The van der Waals surface area contributed by atoms with Crippen LogP contribution in [0.2, 0.25) is 5.02 Å². The molecule has 0 saturated carbocycles. The van der Waals surface area contributed by atoms with Crippen molar-refractivity contribution >= 4 is 40.2 Å². The molecule has 7 heteroatoms. The van der Waals surface area contributed by atoms with Crippen LogP contribution in [0.4, 0.5) is 11.4 Å². The average molecular weight is 571 g/mol. The number of phenolic OH excluding ortho intramolecular Hbond substituents is 1. The highest BCUT2D eigenvalue weighted by molar-refractivity contribution is 7.18. The van der Waals surface area contributed by atoms with Gasteiger partial charge in [0.05, 0.1) is 6.10 Å². The molecule has 1 atom stereocenters. The summed E-state index contributed by atoms with van der Waals surface area (Å²) < 4.78 is 5.48. The van der Waals surface area contributed by atoms with Gasteiger partial charge in [-0.05, 0) is 85.6 Å². The molecule has 1 unspecified atom stereocenters. The Balaban J connectivity index is 1.46. The molecule has 0 aliphatic heterocycles. The van der Waals surface area contributed by atoms with Gasteiger partial charge < -0.3 is 19.6 Å². The van der Waals surface area contributed by atoms with Gasteiger partial charge in [-0.1, -0.05) is 42.0 Å². The Morgan fingerprint density at radius 2 is 1.68 bits per heavy atom. The van der Waals surface area contributed by atoms with Gasteiger partial charge in [-0.15, -0.1) is 11.3 Å². The molecule has 0 saturated heterocycles. The lowest BCUT2D eigenvalue weighted by Crippen LogP contribution is -2.26. The maximum absolute atomic E-state index is 13.0. The SMILES string of the molecule is CCN(C)C(=O)c1cc(Cl)ccc1-c1ccc(-c2ccc(N(C3=CCC(OC)C=C3)c3ccc(O)cc3)cc2)s1. The first kappa shape index (κ1) is 27.7. The summed E-state index contributed by atoms with van der Waals surface area (Å²) in [5, 5.41) is 10.4. The van der Waals surface area contributed by atoms with E-state index >= 15 is 0 Å². The third kappa shape index (κ3) is 5.85. The van der Waals surface area contributed by atoms with Gasteiger partial charge in [-0.25, -0.2) is 0 Å². The Hall–Kier alpha value is -3.84. The number of rotatable bonds is 8. The minimum atomic E-state index is -0.0449. The van der Waals surface area contributed by atoms with Gasteiger partial charge in [0.25, 0.3) is 5.91 Å². The minimum absolute atomic E-state index is 0.0449. The molecule has 1 amide bonds. The van der Waals surface area contributed by atoms with Crippen molar-refractivity contribution in [1.29, 1.82) is 0 Å². The molecular weight excluding hydrogens is 540 g/mol. The second-order valence-electron chi connectivity index (χ2n) is 9.57. The van der Waals surface area contributed by atoms with Crippen LogP contribution in [0, 0.1) is 0 Å². The summed E-state index contributed by atoms with van der Waals surface area (Å²) >= 11 is 7.91. The number of aromatic hydroxyl groups is 1. The van der Waals surface area contributed by atoms with Crippen LogP contribution in [0.15, 0.2) is 103 Å². The van der Waals surface area contributed by atoms with Crippen LogP contribution in [-0.2, 0) is 4.74 Å². The second-order valence-corrected chi connectivity index (χ2v) is 11.1. The van der Waals surface area contributed by atoms with Gasteiger partial charge in [-0.3, -0.25) is 4.79 Å². The van der Waals surface area contributed by atoms with Gasteiger partial charge in [0, 0.05) is 63.7 Å². The largest absolute Gasteiger partial charge is 0.508 e. The van der Waals surface area contributed by atoms with Crippen LogP contribution < -0.4 is 4.90 Å². The number of nitrogens with zero attached hydrogens (tertiary/aromatic N) is 2. The predicted molar refractivity (Wildman–Crippen MR) is 166 cm³/mol. The van der Waals surface area contributed by atoms with Crippen molar-refractivity contribution < 1.29 is 14.6 Å². The van der Waals surface area contributed by atoms with Gasteiger partial charge in [0.15, 0.2) is 0 Å². The van der Waals surface area contributed by atoms with Crippen molar-refractivity contribution in [3.8, 4) is 26.6 Å². The van der Waals surface area contributed by atoms with Gasteiger partial charge in [0.1, 0.15) is 5.75 Å². The lowest BCUT2D eigenvalue weighted by atomic mass is 10.0. The number of halogens is 1. The van der Waals surface area contributed by atoms with E-state index in [1.807, 2.05) is 31.2 Å². The molecule has 0 bridgehead atoms. The van der Waals surface area contributed by atoms with Crippen LogP contribution in [0.3, 0.4) is 0 Å².